The number of halogens is 2. The zero-order valence-electron chi connectivity index (χ0n) is 41.8. The molecule has 0 aliphatic carbocycles. The Balaban J connectivity index is 1.19. The van der Waals surface area contributed by atoms with Gasteiger partial charge in [-0.1, -0.05) is 167 Å². The molecule has 3 aromatic carbocycles. The predicted molar refractivity (Wildman–Crippen MR) is 272 cm³/mol. The van der Waals surface area contributed by atoms with Crippen molar-refractivity contribution in [2.24, 2.45) is 0 Å². The van der Waals surface area contributed by atoms with Crippen LogP contribution in [0.4, 0.5) is 8.78 Å². The van der Waals surface area contributed by atoms with Crippen LogP contribution < -0.4 is 18.9 Å². The van der Waals surface area contributed by atoms with Crippen LogP contribution in [0.2, 0.25) is 0 Å². The minimum absolute atomic E-state index is 0.0889. The van der Waals surface area contributed by atoms with Gasteiger partial charge in [0, 0.05) is 24.3 Å². The molecule has 386 valence electrons. The molecule has 0 bridgehead atoms. The van der Waals surface area contributed by atoms with E-state index in [9.17, 15) is 28.0 Å². The van der Waals surface area contributed by atoms with E-state index in [1.54, 1.807) is 24.3 Å². The van der Waals surface area contributed by atoms with Crippen molar-refractivity contribution in [3.05, 3.63) is 109 Å². The highest BCUT2D eigenvalue weighted by atomic mass is 19.1. The van der Waals surface area contributed by atoms with Crippen molar-refractivity contribution in [2.45, 2.75) is 180 Å². The van der Waals surface area contributed by atoms with Gasteiger partial charge in [-0.3, -0.25) is 0 Å². The maximum absolute atomic E-state index is 15.0. The minimum Gasteiger partial charge on any atom is -0.494 e. The molecule has 0 aliphatic heterocycles. The largest absolute Gasteiger partial charge is 0.494 e. The summed E-state index contributed by atoms with van der Waals surface area (Å²) >= 11 is 0. The van der Waals surface area contributed by atoms with Crippen molar-refractivity contribution in [2.75, 3.05) is 26.4 Å². The Hall–Kier alpha value is -5.52. The predicted octanol–water partition coefficient (Wildman–Crippen LogP) is 15.5. The molecule has 70 heavy (non-hydrogen) atoms. The van der Waals surface area contributed by atoms with Gasteiger partial charge in [-0.25, -0.2) is 28.0 Å². The van der Waals surface area contributed by atoms with Gasteiger partial charge < -0.3 is 28.4 Å². The second-order valence-electron chi connectivity index (χ2n) is 17.9. The van der Waals surface area contributed by atoms with E-state index in [0.29, 0.717) is 37.9 Å². The highest BCUT2D eigenvalue weighted by Gasteiger charge is 2.20. The van der Waals surface area contributed by atoms with E-state index in [0.717, 1.165) is 69.9 Å². The average molecular weight is 975 g/mol. The summed E-state index contributed by atoms with van der Waals surface area (Å²) in [5.41, 5.74) is 0.263. The number of unbranched alkanes of at least 4 members (excludes halogenated alkanes) is 26. The number of hydrogen-bond donors (Lipinski definition) is 0. The van der Waals surface area contributed by atoms with E-state index in [2.05, 4.69) is 13.2 Å². The second kappa shape index (κ2) is 38.3. The molecule has 0 unspecified atom stereocenters. The van der Waals surface area contributed by atoms with E-state index in [1.807, 2.05) is 0 Å². The van der Waals surface area contributed by atoms with Gasteiger partial charge in [-0.2, -0.15) is 0 Å². The normalized spacial score (nSPS) is 10.9. The molecule has 0 aromatic heterocycles. The van der Waals surface area contributed by atoms with Crippen LogP contribution in [0.1, 0.15) is 200 Å². The number of benzene rings is 3. The molecule has 3 rings (SSSR count). The molecule has 0 fully saturated rings. The summed E-state index contributed by atoms with van der Waals surface area (Å²) in [6.45, 7) is 8.86. The van der Waals surface area contributed by atoms with Gasteiger partial charge >= 0.3 is 23.9 Å². The Morgan fingerprint density at radius 1 is 0.371 bits per heavy atom. The molecule has 3 aromatic rings. The third-order valence-corrected chi connectivity index (χ3v) is 12.0. The first-order valence-corrected chi connectivity index (χ1v) is 26.2. The Labute approximate surface area is 416 Å². The standard InChI is InChI=1S/C58H80F2O10/c1-3-54(61)67-43-31-27-23-19-15-11-7-5-9-13-17-21-25-29-41-65-49-37-33-47(34-38-49)57(63)69-51-45-52(59)56(53(60)46-51)70-58(64)48-35-39-50(40-36-48)66-42-30-26-22-18-14-10-6-8-12-16-20-24-28-32-44-68-55(62)4-2/h3-4,33-40,45-46H,1-2,5-32,41-44H2. The van der Waals surface area contributed by atoms with Crippen LogP contribution in [0, 0.1) is 11.6 Å². The fraction of sp³-hybridized carbons (Fsp3) is 0.552. The monoisotopic (exact) mass is 975 g/mol. The van der Waals surface area contributed by atoms with Crippen molar-refractivity contribution < 1.29 is 56.4 Å². The molecule has 0 aliphatic rings. The Kier molecular flexibility index (Phi) is 32.1. The lowest BCUT2D eigenvalue weighted by Crippen LogP contribution is -2.12. The number of rotatable bonds is 42. The average Bonchev–Trinajstić information content (AvgIpc) is 3.36. The third-order valence-electron chi connectivity index (χ3n) is 12.0. The molecule has 10 nitrogen and oxygen atoms in total. The second-order valence-corrected chi connectivity index (χ2v) is 17.9. The first-order chi connectivity index (χ1) is 34.2. The van der Waals surface area contributed by atoms with E-state index < -0.39 is 29.3 Å². The van der Waals surface area contributed by atoms with E-state index in [4.69, 9.17) is 28.4 Å². The van der Waals surface area contributed by atoms with Crippen molar-refractivity contribution in [3.8, 4) is 23.0 Å². The van der Waals surface area contributed by atoms with Crippen molar-refractivity contribution >= 4 is 23.9 Å². The van der Waals surface area contributed by atoms with E-state index in [1.165, 1.54) is 158 Å². The highest BCUT2D eigenvalue weighted by molar-refractivity contribution is 5.92. The molecular weight excluding hydrogens is 895 g/mol. The molecule has 0 heterocycles. The number of esters is 4. The SMILES string of the molecule is C=CC(=O)OCCCCCCCCCCCCCCCCOc1ccc(C(=O)Oc2cc(F)c(OC(=O)c3ccc(OCCCCCCCCCCCCCCCCOC(=O)C=C)cc3)c(F)c2)cc1. The number of hydrogen-bond acceptors (Lipinski definition) is 10. The van der Waals surface area contributed by atoms with Gasteiger partial charge in [0.25, 0.3) is 0 Å². The Morgan fingerprint density at radius 3 is 0.943 bits per heavy atom. The number of carbonyl (C=O) groups excluding carboxylic acids is 4. The molecule has 0 radical (unpaired) electrons. The fourth-order valence-electron chi connectivity index (χ4n) is 7.88. The molecule has 0 amide bonds. The van der Waals surface area contributed by atoms with Crippen LogP contribution >= 0.6 is 0 Å². The summed E-state index contributed by atoms with van der Waals surface area (Å²) in [4.78, 5) is 47.6. The summed E-state index contributed by atoms with van der Waals surface area (Å²) in [5.74, 6) is -4.93. The van der Waals surface area contributed by atoms with Crippen LogP contribution in [0.5, 0.6) is 23.0 Å². The topological polar surface area (TPSA) is 124 Å². The molecule has 12 heteroatoms. The lowest BCUT2D eigenvalue weighted by atomic mass is 10.0. The summed E-state index contributed by atoms with van der Waals surface area (Å²) in [6, 6.07) is 14.1. The van der Waals surface area contributed by atoms with Gasteiger partial charge in [0.1, 0.15) is 17.2 Å². The van der Waals surface area contributed by atoms with Crippen molar-refractivity contribution in [3.63, 3.8) is 0 Å². The maximum atomic E-state index is 15.0. The summed E-state index contributed by atoms with van der Waals surface area (Å²) in [7, 11) is 0. The first kappa shape index (κ1) is 58.8. The Morgan fingerprint density at radius 2 is 0.643 bits per heavy atom. The van der Waals surface area contributed by atoms with Gasteiger partial charge in [-0.15, -0.1) is 0 Å². The van der Waals surface area contributed by atoms with Crippen LogP contribution in [-0.2, 0) is 19.1 Å². The molecule has 0 saturated carbocycles. The smallest absolute Gasteiger partial charge is 0.343 e. The molecule has 0 saturated heterocycles. The fourth-order valence-corrected chi connectivity index (χ4v) is 7.88. The quantitative estimate of drug-likeness (QED) is 0.0235. The third kappa shape index (κ3) is 27.6. The lowest BCUT2D eigenvalue weighted by Gasteiger charge is -2.11. The van der Waals surface area contributed by atoms with Crippen LogP contribution in [0.3, 0.4) is 0 Å². The van der Waals surface area contributed by atoms with Crippen LogP contribution in [0.25, 0.3) is 0 Å². The van der Waals surface area contributed by atoms with Gasteiger partial charge in [0.2, 0.25) is 5.75 Å². The first-order valence-electron chi connectivity index (χ1n) is 26.2. The molecule has 0 N–H and O–H groups in total. The molecule has 0 spiro atoms. The minimum atomic E-state index is -1.20. The van der Waals surface area contributed by atoms with E-state index in [-0.39, 0.29) is 28.8 Å². The highest BCUT2D eigenvalue weighted by Crippen LogP contribution is 2.29. The van der Waals surface area contributed by atoms with Crippen LogP contribution in [-0.4, -0.2) is 50.3 Å². The van der Waals surface area contributed by atoms with E-state index >= 15 is 0 Å². The summed E-state index contributed by atoms with van der Waals surface area (Å²) in [6.07, 6.45) is 35.2. The van der Waals surface area contributed by atoms with Crippen LogP contribution in [0.15, 0.2) is 86.0 Å². The van der Waals surface area contributed by atoms with Crippen molar-refractivity contribution in [1.29, 1.82) is 0 Å². The number of carbonyl (C=O) groups is 4. The lowest BCUT2D eigenvalue weighted by molar-refractivity contribution is -0.138. The van der Waals surface area contributed by atoms with Gasteiger partial charge in [0.05, 0.1) is 37.6 Å². The summed E-state index contributed by atoms with van der Waals surface area (Å²) in [5, 5.41) is 0. The number of ether oxygens (including phenoxy) is 6. The summed E-state index contributed by atoms with van der Waals surface area (Å²) < 4.78 is 61.9. The Bertz CT molecular complexity index is 1910. The maximum Gasteiger partial charge on any atom is 0.343 e. The molecular formula is C58H80F2O10. The van der Waals surface area contributed by atoms with Crippen molar-refractivity contribution in [1.82, 2.24) is 0 Å². The molecule has 0 atom stereocenters. The zero-order valence-corrected chi connectivity index (χ0v) is 41.8. The van der Waals surface area contributed by atoms with Gasteiger partial charge in [0.15, 0.2) is 11.6 Å². The zero-order chi connectivity index (χ0) is 50.3. The van der Waals surface area contributed by atoms with Gasteiger partial charge in [-0.05, 0) is 74.2 Å².